The average molecular weight is 525 g/mol. The second-order valence-electron chi connectivity index (χ2n) is 5.68. The van der Waals surface area contributed by atoms with E-state index in [1.54, 1.807) is 26.4 Å². The van der Waals surface area contributed by atoms with Crippen LogP contribution in [0.1, 0.15) is 38.2 Å². The molecule has 0 atom stereocenters. The van der Waals surface area contributed by atoms with E-state index in [1.165, 1.54) is 0 Å². The van der Waals surface area contributed by atoms with Gasteiger partial charge in [0.05, 0.1) is 24.3 Å². The summed E-state index contributed by atoms with van der Waals surface area (Å²) >= 11 is 19.9. The second kappa shape index (κ2) is 8.96. The van der Waals surface area contributed by atoms with E-state index in [4.69, 9.17) is 32.7 Å². The summed E-state index contributed by atoms with van der Waals surface area (Å²) in [6.07, 6.45) is 0. The quantitative estimate of drug-likeness (QED) is 0.313. The first-order chi connectivity index (χ1) is 12.3. The third-order valence-electron chi connectivity index (χ3n) is 4.39. The van der Waals surface area contributed by atoms with Crippen LogP contribution in [0.4, 0.5) is 0 Å². The number of rotatable bonds is 6. The summed E-state index contributed by atoms with van der Waals surface area (Å²) in [6, 6.07) is 3.31. The zero-order chi connectivity index (χ0) is 19.6. The van der Waals surface area contributed by atoms with E-state index in [-0.39, 0.29) is 5.78 Å². The summed E-state index contributed by atoms with van der Waals surface area (Å²) in [6.45, 7) is 3.81. The fraction of sp³-hybridized carbons (Fsp3) is 0.316. The summed E-state index contributed by atoms with van der Waals surface area (Å²) in [5.41, 5.74) is 4.09. The number of alkyl halides is 2. The molecule has 0 aliphatic rings. The van der Waals surface area contributed by atoms with Gasteiger partial charge < -0.3 is 9.47 Å². The number of halogens is 4. The zero-order valence-corrected chi connectivity index (χ0v) is 19.5. The smallest absolute Gasteiger partial charge is 0.196 e. The lowest BCUT2D eigenvalue weighted by Crippen LogP contribution is -2.09. The Morgan fingerprint density at radius 3 is 1.50 bits per heavy atom. The Kier molecular flexibility index (Phi) is 7.43. The highest BCUT2D eigenvalue weighted by molar-refractivity contribution is 9.08. The van der Waals surface area contributed by atoms with Crippen molar-refractivity contribution in [1.82, 2.24) is 0 Å². The Bertz CT molecular complexity index is 797. The average Bonchev–Trinajstić information content (AvgIpc) is 2.62. The van der Waals surface area contributed by atoms with Crippen molar-refractivity contribution in [3.05, 3.63) is 55.6 Å². The number of ketones is 1. The number of benzene rings is 2. The van der Waals surface area contributed by atoms with Crippen molar-refractivity contribution in [1.29, 1.82) is 0 Å². The van der Waals surface area contributed by atoms with E-state index in [9.17, 15) is 4.79 Å². The molecule has 0 amide bonds. The summed E-state index contributed by atoms with van der Waals surface area (Å²) in [7, 11) is 3.13. The molecular formula is C19H18Br2Cl2O3. The molecule has 140 valence electrons. The first-order valence-electron chi connectivity index (χ1n) is 7.70. The highest BCUT2D eigenvalue weighted by Crippen LogP contribution is 2.38. The molecule has 0 saturated heterocycles. The van der Waals surface area contributed by atoms with Crippen LogP contribution in [0.15, 0.2) is 12.1 Å². The Hall–Kier alpha value is -0.750. The van der Waals surface area contributed by atoms with Crippen molar-refractivity contribution in [2.75, 3.05) is 14.2 Å². The molecule has 2 rings (SSSR count). The van der Waals surface area contributed by atoms with E-state index in [0.29, 0.717) is 43.3 Å². The molecule has 26 heavy (non-hydrogen) atoms. The van der Waals surface area contributed by atoms with E-state index in [1.807, 2.05) is 13.8 Å². The molecule has 0 spiro atoms. The largest absolute Gasteiger partial charge is 0.496 e. The van der Waals surface area contributed by atoms with Gasteiger partial charge in [0.15, 0.2) is 5.78 Å². The van der Waals surface area contributed by atoms with Gasteiger partial charge >= 0.3 is 0 Å². The van der Waals surface area contributed by atoms with Crippen LogP contribution in [0.5, 0.6) is 11.5 Å². The van der Waals surface area contributed by atoms with Crippen molar-refractivity contribution in [2.45, 2.75) is 24.5 Å². The Morgan fingerprint density at radius 2 is 1.23 bits per heavy atom. The molecule has 3 nitrogen and oxygen atoms in total. The number of hydrogen-bond donors (Lipinski definition) is 0. The van der Waals surface area contributed by atoms with Crippen molar-refractivity contribution in [2.24, 2.45) is 0 Å². The number of hydrogen-bond acceptors (Lipinski definition) is 3. The predicted molar refractivity (Wildman–Crippen MR) is 114 cm³/mol. The van der Waals surface area contributed by atoms with E-state index in [0.717, 1.165) is 22.3 Å². The van der Waals surface area contributed by atoms with Crippen LogP contribution >= 0.6 is 55.1 Å². The third kappa shape index (κ3) is 3.77. The van der Waals surface area contributed by atoms with Gasteiger partial charge in [0.1, 0.15) is 11.5 Å². The summed E-state index contributed by atoms with van der Waals surface area (Å²) in [4.78, 5) is 13.3. The molecule has 0 radical (unpaired) electrons. The van der Waals surface area contributed by atoms with Gasteiger partial charge in [0, 0.05) is 21.8 Å². The number of methoxy groups -OCH3 is 2. The monoisotopic (exact) mass is 522 g/mol. The molecule has 0 aromatic heterocycles. The Labute approximate surface area is 180 Å². The molecule has 2 aromatic carbocycles. The van der Waals surface area contributed by atoms with E-state index >= 15 is 0 Å². The van der Waals surface area contributed by atoms with E-state index in [2.05, 4.69) is 31.9 Å². The summed E-state index contributed by atoms with van der Waals surface area (Å²) in [5, 5.41) is 1.79. The molecule has 0 aliphatic heterocycles. The summed E-state index contributed by atoms with van der Waals surface area (Å²) < 4.78 is 10.8. The van der Waals surface area contributed by atoms with Crippen LogP contribution in [0.3, 0.4) is 0 Å². The van der Waals surface area contributed by atoms with Crippen LogP contribution in [-0.4, -0.2) is 20.0 Å². The van der Waals surface area contributed by atoms with Gasteiger partial charge in [-0.05, 0) is 48.2 Å². The first kappa shape index (κ1) is 21.5. The van der Waals surface area contributed by atoms with E-state index < -0.39 is 0 Å². The SMILES string of the molecule is COc1cc(C(=O)c2cc(OC)c(C)c(CBr)c2Cl)c(Cl)c(CBr)c1C. The van der Waals surface area contributed by atoms with Gasteiger partial charge in [-0.2, -0.15) is 0 Å². The fourth-order valence-electron chi connectivity index (χ4n) is 2.77. The Morgan fingerprint density at radius 1 is 0.885 bits per heavy atom. The normalized spacial score (nSPS) is 10.8. The number of carbonyl (C=O) groups is 1. The Balaban J connectivity index is 2.75. The molecule has 0 heterocycles. The molecule has 0 N–H and O–H groups in total. The number of ether oxygens (including phenoxy) is 2. The molecule has 0 fully saturated rings. The number of carbonyl (C=O) groups excluding carboxylic acids is 1. The van der Waals surface area contributed by atoms with Gasteiger partial charge in [-0.1, -0.05) is 55.1 Å². The minimum absolute atomic E-state index is 0.277. The molecule has 7 heteroatoms. The maximum atomic E-state index is 13.3. The molecular weight excluding hydrogens is 507 g/mol. The van der Waals surface area contributed by atoms with Gasteiger partial charge in [-0.15, -0.1) is 0 Å². The zero-order valence-electron chi connectivity index (χ0n) is 14.8. The highest BCUT2D eigenvalue weighted by Gasteiger charge is 2.24. The second-order valence-corrected chi connectivity index (χ2v) is 7.56. The summed E-state index contributed by atoms with van der Waals surface area (Å²) in [5.74, 6) is 0.923. The van der Waals surface area contributed by atoms with Crippen LogP contribution in [0.2, 0.25) is 10.0 Å². The van der Waals surface area contributed by atoms with Crippen molar-refractivity contribution in [3.63, 3.8) is 0 Å². The van der Waals surface area contributed by atoms with Crippen LogP contribution in [0.25, 0.3) is 0 Å². The minimum atomic E-state index is -0.277. The van der Waals surface area contributed by atoms with Crippen LogP contribution in [0, 0.1) is 13.8 Å². The minimum Gasteiger partial charge on any atom is -0.496 e. The van der Waals surface area contributed by atoms with Crippen molar-refractivity contribution in [3.8, 4) is 11.5 Å². The highest BCUT2D eigenvalue weighted by atomic mass is 79.9. The molecule has 0 bridgehead atoms. The maximum absolute atomic E-state index is 13.3. The fourth-order valence-corrected chi connectivity index (χ4v) is 5.20. The molecule has 2 aromatic rings. The lowest BCUT2D eigenvalue weighted by molar-refractivity contribution is 0.103. The van der Waals surface area contributed by atoms with Crippen LogP contribution in [-0.2, 0) is 10.7 Å². The van der Waals surface area contributed by atoms with Gasteiger partial charge in [-0.25, -0.2) is 0 Å². The van der Waals surface area contributed by atoms with Crippen molar-refractivity contribution >= 4 is 60.8 Å². The lowest BCUT2D eigenvalue weighted by atomic mass is 9.95. The van der Waals surface area contributed by atoms with Gasteiger partial charge in [-0.3, -0.25) is 4.79 Å². The third-order valence-corrected chi connectivity index (χ3v) is 6.38. The van der Waals surface area contributed by atoms with Crippen LogP contribution < -0.4 is 9.47 Å². The lowest BCUT2D eigenvalue weighted by Gasteiger charge is -2.17. The van der Waals surface area contributed by atoms with Gasteiger partial charge in [0.2, 0.25) is 0 Å². The molecule has 0 saturated carbocycles. The van der Waals surface area contributed by atoms with Crippen molar-refractivity contribution < 1.29 is 14.3 Å². The maximum Gasteiger partial charge on any atom is 0.196 e. The predicted octanol–water partition coefficient (Wildman–Crippen LogP) is 6.65. The van der Waals surface area contributed by atoms with Gasteiger partial charge in [0.25, 0.3) is 0 Å². The first-order valence-corrected chi connectivity index (χ1v) is 10.7. The standard InChI is InChI=1S/C19H18Br2Cl2O3/c1-9-13(7-20)17(22)11(5-15(9)25-3)19(24)12-6-16(26-4)10(2)14(8-21)18(12)23/h5-6H,7-8H2,1-4H3. The molecule has 0 unspecified atom stereocenters. The topological polar surface area (TPSA) is 35.5 Å². The molecule has 0 aliphatic carbocycles.